The molecule has 0 unspecified atom stereocenters. The van der Waals surface area contributed by atoms with Crippen LogP contribution in [0.3, 0.4) is 0 Å². The summed E-state index contributed by atoms with van der Waals surface area (Å²) in [5.74, 6) is 0.531. The molecule has 0 aliphatic heterocycles. The Bertz CT molecular complexity index is 948. The molecular weight excluding hydrogens is 322 g/mol. The van der Waals surface area contributed by atoms with Crippen molar-refractivity contribution in [3.8, 4) is 5.75 Å². The van der Waals surface area contributed by atoms with E-state index < -0.39 is 0 Å². The van der Waals surface area contributed by atoms with Crippen molar-refractivity contribution in [1.82, 2.24) is 4.98 Å². The third kappa shape index (κ3) is 3.47. The monoisotopic (exact) mass is 337 g/mol. The fourth-order valence-corrected chi connectivity index (χ4v) is 2.63. The smallest absolute Gasteiger partial charge is 0.185 e. The summed E-state index contributed by atoms with van der Waals surface area (Å²) in [5, 5.41) is 1.36. The van der Waals surface area contributed by atoms with Crippen LogP contribution in [0.5, 0.6) is 5.75 Å². The van der Waals surface area contributed by atoms with Crippen LogP contribution < -0.4 is 4.74 Å². The van der Waals surface area contributed by atoms with Gasteiger partial charge in [0.15, 0.2) is 5.78 Å². The van der Waals surface area contributed by atoms with Gasteiger partial charge in [-0.2, -0.15) is 0 Å². The number of benzene rings is 2. The molecule has 0 bridgehead atoms. The maximum absolute atomic E-state index is 12.3. The Morgan fingerprint density at radius 3 is 2.79 bits per heavy atom. The highest BCUT2D eigenvalue weighted by Crippen LogP contribution is 2.23. The van der Waals surface area contributed by atoms with Crippen LogP contribution in [0.15, 0.2) is 54.6 Å². The zero-order valence-electron chi connectivity index (χ0n) is 13.4. The minimum absolute atomic E-state index is 0.117. The number of allylic oxidation sites excluding steroid dienone is 1. The van der Waals surface area contributed by atoms with E-state index in [2.05, 4.69) is 4.98 Å². The first-order valence-electron chi connectivity index (χ1n) is 7.50. The van der Waals surface area contributed by atoms with Gasteiger partial charge in [-0.25, -0.2) is 4.98 Å². The van der Waals surface area contributed by atoms with Gasteiger partial charge in [0.05, 0.1) is 12.6 Å². The first-order chi connectivity index (χ1) is 11.6. The Morgan fingerprint density at radius 2 is 2.00 bits per heavy atom. The number of halogens is 1. The molecule has 3 aromatic rings. The molecule has 120 valence electrons. The molecular formula is C20H16ClNO2. The lowest BCUT2D eigenvalue weighted by molar-refractivity contribution is 0.104. The van der Waals surface area contributed by atoms with Gasteiger partial charge in [0, 0.05) is 16.5 Å². The molecule has 0 aliphatic rings. The van der Waals surface area contributed by atoms with Crippen LogP contribution in [0, 0.1) is 6.92 Å². The molecule has 0 amide bonds. The van der Waals surface area contributed by atoms with Crippen LogP contribution >= 0.6 is 11.6 Å². The first-order valence-corrected chi connectivity index (χ1v) is 7.88. The number of pyridine rings is 1. The Labute approximate surface area is 145 Å². The second-order valence-electron chi connectivity index (χ2n) is 5.49. The van der Waals surface area contributed by atoms with E-state index in [0.29, 0.717) is 22.0 Å². The lowest BCUT2D eigenvalue weighted by atomic mass is 10.1. The van der Waals surface area contributed by atoms with Crippen LogP contribution in [0.4, 0.5) is 0 Å². The Balaban J connectivity index is 1.90. The van der Waals surface area contributed by atoms with Gasteiger partial charge in [-0.1, -0.05) is 35.9 Å². The molecule has 3 rings (SSSR count). The predicted octanol–water partition coefficient (Wildman–Crippen LogP) is 5.10. The van der Waals surface area contributed by atoms with E-state index >= 15 is 0 Å². The van der Waals surface area contributed by atoms with Crippen molar-refractivity contribution in [1.29, 1.82) is 0 Å². The largest absolute Gasteiger partial charge is 0.497 e. The molecule has 0 N–H and O–H groups in total. The van der Waals surface area contributed by atoms with E-state index in [1.54, 1.807) is 37.5 Å². The van der Waals surface area contributed by atoms with Gasteiger partial charge < -0.3 is 4.74 Å². The highest BCUT2D eigenvalue weighted by atomic mass is 35.5. The van der Waals surface area contributed by atoms with E-state index in [-0.39, 0.29) is 5.78 Å². The quantitative estimate of drug-likeness (QED) is 0.377. The number of methoxy groups -OCH3 is 1. The number of aryl methyl sites for hydroxylation is 1. The molecule has 0 saturated carbocycles. The molecule has 0 fully saturated rings. The number of ketones is 1. The zero-order valence-corrected chi connectivity index (χ0v) is 14.2. The third-order valence-electron chi connectivity index (χ3n) is 3.72. The van der Waals surface area contributed by atoms with E-state index in [1.165, 1.54) is 6.08 Å². The standard InChI is InChI=1S/C20H16ClNO2/c1-13-6-7-14-11-16(20(21)22-18(14)10-13)8-9-19(23)15-4-3-5-17(12-15)24-2/h3-12H,1-2H3. The molecule has 0 atom stereocenters. The number of hydrogen-bond acceptors (Lipinski definition) is 3. The fraction of sp³-hybridized carbons (Fsp3) is 0.100. The number of rotatable bonds is 4. The first kappa shape index (κ1) is 16.2. The van der Waals surface area contributed by atoms with Crippen molar-refractivity contribution in [3.05, 3.63) is 76.5 Å². The Hall–Kier alpha value is -2.65. The summed E-state index contributed by atoms with van der Waals surface area (Å²) in [6.45, 7) is 2.01. The van der Waals surface area contributed by atoms with Crippen molar-refractivity contribution in [3.63, 3.8) is 0 Å². The van der Waals surface area contributed by atoms with Gasteiger partial charge in [-0.3, -0.25) is 4.79 Å². The summed E-state index contributed by atoms with van der Waals surface area (Å²) < 4.78 is 5.14. The topological polar surface area (TPSA) is 39.2 Å². The van der Waals surface area contributed by atoms with Crippen molar-refractivity contribution in [2.24, 2.45) is 0 Å². The van der Waals surface area contributed by atoms with Crippen LogP contribution in [0.2, 0.25) is 5.15 Å². The molecule has 4 heteroatoms. The molecule has 0 spiro atoms. The minimum atomic E-state index is -0.117. The van der Waals surface area contributed by atoms with Crippen molar-refractivity contribution < 1.29 is 9.53 Å². The van der Waals surface area contributed by atoms with Crippen molar-refractivity contribution in [2.45, 2.75) is 6.92 Å². The molecule has 24 heavy (non-hydrogen) atoms. The van der Waals surface area contributed by atoms with Crippen LogP contribution in [-0.4, -0.2) is 17.9 Å². The summed E-state index contributed by atoms with van der Waals surface area (Å²) in [4.78, 5) is 16.7. The third-order valence-corrected chi connectivity index (χ3v) is 4.03. The number of carbonyl (C=O) groups is 1. The molecule has 2 aromatic carbocycles. The number of fused-ring (bicyclic) bond motifs is 1. The fourth-order valence-electron chi connectivity index (χ4n) is 2.42. The zero-order chi connectivity index (χ0) is 17.1. The minimum Gasteiger partial charge on any atom is -0.497 e. The Morgan fingerprint density at radius 1 is 1.17 bits per heavy atom. The van der Waals surface area contributed by atoms with E-state index in [9.17, 15) is 4.79 Å². The molecule has 0 radical (unpaired) electrons. The normalized spacial score (nSPS) is 11.1. The number of ether oxygens (including phenoxy) is 1. The maximum Gasteiger partial charge on any atom is 0.185 e. The summed E-state index contributed by atoms with van der Waals surface area (Å²) in [7, 11) is 1.57. The van der Waals surface area contributed by atoms with Gasteiger partial charge >= 0.3 is 0 Å². The average molecular weight is 338 g/mol. The van der Waals surface area contributed by atoms with Crippen molar-refractivity contribution in [2.75, 3.05) is 7.11 Å². The number of nitrogens with zero attached hydrogens (tertiary/aromatic N) is 1. The second kappa shape index (κ2) is 6.85. The van der Waals surface area contributed by atoms with Crippen LogP contribution in [-0.2, 0) is 0 Å². The molecule has 1 aromatic heterocycles. The predicted molar refractivity (Wildman–Crippen MR) is 97.8 cm³/mol. The molecule has 3 nitrogen and oxygen atoms in total. The SMILES string of the molecule is COc1cccc(C(=O)C=Cc2cc3ccc(C)cc3nc2Cl)c1. The van der Waals surface area contributed by atoms with Gasteiger partial charge in [0.1, 0.15) is 10.9 Å². The summed E-state index contributed by atoms with van der Waals surface area (Å²) in [6.07, 6.45) is 3.19. The van der Waals surface area contributed by atoms with Crippen LogP contribution in [0.25, 0.3) is 17.0 Å². The lowest BCUT2D eigenvalue weighted by Gasteiger charge is -2.04. The number of carbonyl (C=O) groups excluding carboxylic acids is 1. The van der Waals surface area contributed by atoms with Gasteiger partial charge in [0.2, 0.25) is 0 Å². The van der Waals surface area contributed by atoms with E-state index in [4.69, 9.17) is 16.3 Å². The molecule has 0 aliphatic carbocycles. The summed E-state index contributed by atoms with van der Waals surface area (Å²) in [6, 6.07) is 15.0. The summed E-state index contributed by atoms with van der Waals surface area (Å²) >= 11 is 6.24. The second-order valence-corrected chi connectivity index (χ2v) is 5.85. The van der Waals surface area contributed by atoms with Crippen LogP contribution in [0.1, 0.15) is 21.5 Å². The summed E-state index contributed by atoms with van der Waals surface area (Å²) in [5.41, 5.74) is 3.24. The van der Waals surface area contributed by atoms with E-state index in [0.717, 1.165) is 16.5 Å². The van der Waals surface area contributed by atoms with Gasteiger partial charge in [0.25, 0.3) is 0 Å². The average Bonchev–Trinajstić information content (AvgIpc) is 2.59. The van der Waals surface area contributed by atoms with E-state index in [1.807, 2.05) is 31.2 Å². The highest BCUT2D eigenvalue weighted by molar-refractivity contribution is 6.31. The number of hydrogen-bond donors (Lipinski definition) is 0. The van der Waals surface area contributed by atoms with Crippen molar-refractivity contribution >= 4 is 34.4 Å². The molecule has 0 saturated heterocycles. The van der Waals surface area contributed by atoms with Gasteiger partial charge in [-0.15, -0.1) is 0 Å². The number of aromatic nitrogens is 1. The van der Waals surface area contributed by atoms with Gasteiger partial charge in [-0.05, 0) is 48.9 Å². The molecule has 1 heterocycles. The maximum atomic E-state index is 12.3. The lowest BCUT2D eigenvalue weighted by Crippen LogP contribution is -1.95. The highest BCUT2D eigenvalue weighted by Gasteiger charge is 2.06. The Kier molecular flexibility index (Phi) is 4.63.